The third-order valence-electron chi connectivity index (χ3n) is 4.17. The maximum atomic E-state index is 9.02. The van der Waals surface area contributed by atoms with Crippen LogP contribution >= 0.6 is 11.3 Å². The van der Waals surface area contributed by atoms with Crippen molar-refractivity contribution in [3.8, 4) is 11.3 Å². The molecule has 0 aliphatic carbocycles. The summed E-state index contributed by atoms with van der Waals surface area (Å²) in [6.45, 7) is 2.53. The molecule has 0 spiro atoms. The van der Waals surface area contributed by atoms with Gasteiger partial charge in [-0.1, -0.05) is 0 Å². The maximum Gasteiger partial charge on any atom is 0.170 e. The molecule has 0 saturated carbocycles. The van der Waals surface area contributed by atoms with E-state index >= 15 is 0 Å². The standard InChI is InChI=1S/C18H19N7OS/c1-11(16-6-12-7-20-3-2-15(12)27-16)23-18-17(19)21-9-14(24-18)13-8-22-25(10-13)4-5-26/h2-3,6-11,26H,4-5H2,1H3,(H2,19,21)(H,23,24). The van der Waals surface area contributed by atoms with Crippen LogP contribution < -0.4 is 11.1 Å². The van der Waals surface area contributed by atoms with Crippen molar-refractivity contribution in [1.82, 2.24) is 24.7 Å². The van der Waals surface area contributed by atoms with Crippen molar-refractivity contribution in [2.75, 3.05) is 17.7 Å². The summed E-state index contributed by atoms with van der Waals surface area (Å²) >= 11 is 1.71. The van der Waals surface area contributed by atoms with Gasteiger partial charge in [0.1, 0.15) is 0 Å². The summed E-state index contributed by atoms with van der Waals surface area (Å²) in [5.74, 6) is 0.876. The molecule has 0 bridgehead atoms. The number of aromatic nitrogens is 5. The van der Waals surface area contributed by atoms with Crippen molar-refractivity contribution < 1.29 is 5.11 Å². The zero-order valence-corrected chi connectivity index (χ0v) is 15.5. The fraction of sp³-hybridized carbons (Fsp3) is 0.222. The molecule has 9 heteroatoms. The molecular formula is C18H19N7OS. The number of fused-ring (bicyclic) bond motifs is 1. The average Bonchev–Trinajstić information content (AvgIpc) is 3.30. The van der Waals surface area contributed by atoms with Gasteiger partial charge in [-0.3, -0.25) is 9.67 Å². The number of aliphatic hydroxyl groups is 1. The Balaban J connectivity index is 1.59. The van der Waals surface area contributed by atoms with Gasteiger partial charge in [-0.25, -0.2) is 9.97 Å². The Bertz CT molecular complexity index is 1040. The SMILES string of the molecule is CC(Nc1nc(-c2cnn(CCO)c2)cnc1N)c1cc2cnccc2s1. The molecule has 0 aliphatic heterocycles. The third-order valence-corrected chi connectivity index (χ3v) is 5.47. The Hall–Kier alpha value is -3.04. The number of anilines is 2. The molecule has 0 aliphatic rings. The highest BCUT2D eigenvalue weighted by molar-refractivity contribution is 7.19. The lowest BCUT2D eigenvalue weighted by molar-refractivity contribution is 0.269. The summed E-state index contributed by atoms with van der Waals surface area (Å²) in [5.41, 5.74) is 7.51. The summed E-state index contributed by atoms with van der Waals surface area (Å²) in [7, 11) is 0. The van der Waals surface area contributed by atoms with E-state index in [4.69, 9.17) is 10.8 Å². The molecule has 0 saturated heterocycles. The van der Waals surface area contributed by atoms with Gasteiger partial charge in [-0.15, -0.1) is 11.3 Å². The largest absolute Gasteiger partial charge is 0.394 e. The first-order valence-corrected chi connectivity index (χ1v) is 9.32. The van der Waals surface area contributed by atoms with Gasteiger partial charge >= 0.3 is 0 Å². The molecule has 4 N–H and O–H groups in total. The molecule has 0 fully saturated rings. The van der Waals surface area contributed by atoms with E-state index in [0.29, 0.717) is 23.9 Å². The van der Waals surface area contributed by atoms with E-state index in [0.717, 1.165) is 10.9 Å². The van der Waals surface area contributed by atoms with Crippen molar-refractivity contribution in [3.63, 3.8) is 0 Å². The second-order valence-corrected chi connectivity index (χ2v) is 7.25. The number of hydrogen-bond acceptors (Lipinski definition) is 8. The minimum atomic E-state index is 0.0198. The van der Waals surface area contributed by atoms with E-state index < -0.39 is 0 Å². The van der Waals surface area contributed by atoms with Crippen LogP contribution in [0.4, 0.5) is 11.6 Å². The van der Waals surface area contributed by atoms with E-state index in [1.54, 1.807) is 34.6 Å². The van der Waals surface area contributed by atoms with Crippen molar-refractivity contribution in [1.29, 1.82) is 0 Å². The molecule has 4 heterocycles. The molecule has 8 nitrogen and oxygen atoms in total. The fourth-order valence-corrected chi connectivity index (χ4v) is 3.79. The molecule has 0 aromatic carbocycles. The second kappa shape index (κ2) is 7.29. The zero-order chi connectivity index (χ0) is 18.8. The number of aliphatic hydroxyl groups excluding tert-OH is 1. The van der Waals surface area contributed by atoms with Gasteiger partial charge in [0.05, 0.1) is 37.3 Å². The van der Waals surface area contributed by atoms with Gasteiger partial charge in [-0.2, -0.15) is 5.10 Å². The molecule has 0 amide bonds. The molecule has 1 unspecified atom stereocenters. The van der Waals surface area contributed by atoms with E-state index in [-0.39, 0.29) is 12.6 Å². The molecule has 4 aromatic rings. The first-order chi connectivity index (χ1) is 13.1. The fourth-order valence-electron chi connectivity index (χ4n) is 2.76. The molecule has 4 rings (SSSR count). The van der Waals surface area contributed by atoms with Crippen LogP contribution in [-0.4, -0.2) is 36.4 Å². The lowest BCUT2D eigenvalue weighted by Crippen LogP contribution is -2.10. The highest BCUT2D eigenvalue weighted by Crippen LogP contribution is 2.32. The van der Waals surface area contributed by atoms with E-state index in [2.05, 4.69) is 38.4 Å². The number of pyridine rings is 1. The number of nitrogens with zero attached hydrogens (tertiary/aromatic N) is 5. The van der Waals surface area contributed by atoms with Crippen LogP contribution in [0.1, 0.15) is 17.8 Å². The highest BCUT2D eigenvalue weighted by atomic mass is 32.1. The van der Waals surface area contributed by atoms with Gasteiger partial charge in [0.15, 0.2) is 11.6 Å². The van der Waals surface area contributed by atoms with Gasteiger partial charge < -0.3 is 16.2 Å². The Labute approximate surface area is 159 Å². The van der Waals surface area contributed by atoms with Crippen LogP contribution in [0.2, 0.25) is 0 Å². The van der Waals surface area contributed by atoms with Crippen molar-refractivity contribution in [3.05, 3.63) is 48.0 Å². The summed E-state index contributed by atoms with van der Waals surface area (Å²) in [5, 5.41) is 17.7. The summed E-state index contributed by atoms with van der Waals surface area (Å²) in [4.78, 5) is 14.2. The minimum Gasteiger partial charge on any atom is -0.394 e. The summed E-state index contributed by atoms with van der Waals surface area (Å²) in [6, 6.07) is 4.15. The number of rotatable bonds is 6. The minimum absolute atomic E-state index is 0.0198. The molecule has 27 heavy (non-hydrogen) atoms. The van der Waals surface area contributed by atoms with E-state index in [1.165, 1.54) is 9.58 Å². The Kier molecular flexibility index (Phi) is 4.69. The molecule has 138 valence electrons. The first kappa shape index (κ1) is 17.4. The van der Waals surface area contributed by atoms with Crippen LogP contribution in [0, 0.1) is 0 Å². The third kappa shape index (κ3) is 3.60. The molecular weight excluding hydrogens is 362 g/mol. The van der Waals surface area contributed by atoms with E-state index in [1.807, 2.05) is 18.5 Å². The van der Waals surface area contributed by atoms with Gasteiger partial charge in [-0.05, 0) is 19.1 Å². The zero-order valence-electron chi connectivity index (χ0n) is 14.7. The number of nitrogens with two attached hydrogens (primary N) is 1. The Morgan fingerprint density at radius 1 is 1.33 bits per heavy atom. The van der Waals surface area contributed by atoms with Crippen molar-refractivity contribution in [2.45, 2.75) is 19.5 Å². The van der Waals surface area contributed by atoms with Gasteiger partial charge in [0.25, 0.3) is 0 Å². The van der Waals surface area contributed by atoms with Crippen LogP contribution in [-0.2, 0) is 6.54 Å². The smallest absolute Gasteiger partial charge is 0.170 e. The van der Waals surface area contributed by atoms with Gasteiger partial charge in [0, 0.05) is 39.1 Å². The van der Waals surface area contributed by atoms with Crippen LogP contribution in [0.5, 0.6) is 0 Å². The topological polar surface area (TPSA) is 115 Å². The summed E-state index contributed by atoms with van der Waals surface area (Å²) in [6.07, 6.45) is 8.80. The van der Waals surface area contributed by atoms with Crippen LogP contribution in [0.3, 0.4) is 0 Å². The number of thiophene rings is 1. The van der Waals surface area contributed by atoms with Crippen molar-refractivity contribution in [2.24, 2.45) is 0 Å². The van der Waals surface area contributed by atoms with Crippen LogP contribution in [0.25, 0.3) is 21.3 Å². The second-order valence-electron chi connectivity index (χ2n) is 6.13. The van der Waals surface area contributed by atoms with Crippen molar-refractivity contribution >= 4 is 33.1 Å². The highest BCUT2D eigenvalue weighted by Gasteiger charge is 2.14. The number of nitrogen functional groups attached to an aromatic ring is 1. The van der Waals surface area contributed by atoms with Gasteiger partial charge in [0.2, 0.25) is 0 Å². The lowest BCUT2D eigenvalue weighted by atomic mass is 10.2. The Morgan fingerprint density at radius 3 is 3.04 bits per heavy atom. The quantitative estimate of drug-likeness (QED) is 0.470. The molecule has 4 aromatic heterocycles. The molecule has 0 radical (unpaired) electrons. The lowest BCUT2D eigenvalue weighted by Gasteiger charge is -2.14. The average molecular weight is 381 g/mol. The molecule has 1 atom stereocenters. The predicted octanol–water partition coefficient (Wildman–Crippen LogP) is 2.70. The predicted molar refractivity (Wildman–Crippen MR) is 106 cm³/mol. The first-order valence-electron chi connectivity index (χ1n) is 8.50. The Morgan fingerprint density at radius 2 is 2.22 bits per heavy atom. The van der Waals surface area contributed by atoms with Crippen LogP contribution in [0.15, 0.2) is 43.1 Å². The normalized spacial score (nSPS) is 12.4. The maximum absolute atomic E-state index is 9.02. The number of nitrogens with one attached hydrogen (secondary N) is 1. The van der Waals surface area contributed by atoms with E-state index in [9.17, 15) is 0 Å². The number of hydrogen-bond donors (Lipinski definition) is 3. The monoisotopic (exact) mass is 381 g/mol. The summed E-state index contributed by atoms with van der Waals surface area (Å²) < 4.78 is 2.85.